The summed E-state index contributed by atoms with van der Waals surface area (Å²) in [6.07, 6.45) is 22.7. The number of aromatic nitrogens is 4. The highest BCUT2D eigenvalue weighted by Crippen LogP contribution is 2.34. The number of rotatable bonds is 15. The highest BCUT2D eigenvalue weighted by molar-refractivity contribution is 6.33. The van der Waals surface area contributed by atoms with E-state index in [4.69, 9.17) is 32.7 Å². The van der Waals surface area contributed by atoms with E-state index < -0.39 is 12.1 Å². The molecule has 10 heteroatoms. The minimum Gasteiger partial charge on any atom is -0.445 e. The summed E-state index contributed by atoms with van der Waals surface area (Å²) in [6.45, 7) is 15.9. The number of halogens is 2. The van der Waals surface area contributed by atoms with Gasteiger partial charge in [-0.3, -0.25) is 9.58 Å². The monoisotopic (exact) mass is 623 g/mol. The third-order valence-electron chi connectivity index (χ3n) is 6.56. The number of carbonyl (C=O) groups is 1. The van der Waals surface area contributed by atoms with Crippen LogP contribution in [0.3, 0.4) is 0 Å². The van der Waals surface area contributed by atoms with Gasteiger partial charge in [0.25, 0.3) is 0 Å². The average Bonchev–Trinajstić information content (AvgIpc) is 3.64. The molecule has 0 aliphatic carbocycles. The highest BCUT2D eigenvalue weighted by atomic mass is 35.5. The standard InChI is InChI=1S/C33H39Cl2N5O3/c1-5-12-27(14-10-19-42-20-11-17-39-24-36-23-37-39)32-31-28(29(21-26(4)35)30(6-2)38-31)15-18-40(32)33(41)43-22-25(3)13-8-7-9-16-34/h5-10,12-14,21,23-24,32,38H,1,3-4,11,15-20,22H2,2H3/b9-7-,13-8-,14-10-,27-12+,29-21-,30-6+. The molecule has 1 atom stereocenters. The van der Waals surface area contributed by atoms with E-state index in [1.54, 1.807) is 28.1 Å². The molecule has 0 radical (unpaired) electrons. The van der Waals surface area contributed by atoms with Gasteiger partial charge < -0.3 is 14.5 Å². The molecule has 1 aliphatic rings. The first-order chi connectivity index (χ1) is 20.9. The predicted molar refractivity (Wildman–Crippen MR) is 175 cm³/mol. The van der Waals surface area contributed by atoms with Gasteiger partial charge in [-0.25, -0.2) is 9.78 Å². The number of hydrogen-bond donors (Lipinski definition) is 1. The fourth-order valence-electron chi connectivity index (χ4n) is 4.70. The molecule has 43 heavy (non-hydrogen) atoms. The fourth-order valence-corrected chi connectivity index (χ4v) is 4.91. The van der Waals surface area contributed by atoms with Crippen LogP contribution in [0.2, 0.25) is 0 Å². The Bertz CT molecular complexity index is 1500. The van der Waals surface area contributed by atoms with E-state index in [1.807, 2.05) is 55.5 Å². The number of amides is 1. The summed E-state index contributed by atoms with van der Waals surface area (Å²) in [4.78, 5) is 22.7. The summed E-state index contributed by atoms with van der Waals surface area (Å²) in [7, 11) is 0. The van der Waals surface area contributed by atoms with Crippen molar-refractivity contribution in [3.8, 4) is 0 Å². The molecule has 1 unspecified atom stereocenters. The topological polar surface area (TPSA) is 85.3 Å². The SMILES string of the molecule is C=C/C=C(\C=C/COCCCn1cncn1)C1c2[nH]c(=C/C)/c(=C\C(=C)Cl)c2CCN1C(=O)OCC(=C)/C=C\C=C/CCl. The van der Waals surface area contributed by atoms with E-state index in [-0.39, 0.29) is 6.61 Å². The van der Waals surface area contributed by atoms with Gasteiger partial charge in [0.1, 0.15) is 25.3 Å². The maximum Gasteiger partial charge on any atom is 0.410 e. The number of H-pyrrole nitrogens is 1. The van der Waals surface area contributed by atoms with Crippen molar-refractivity contribution in [2.24, 2.45) is 0 Å². The van der Waals surface area contributed by atoms with Crippen LogP contribution in [-0.4, -0.2) is 63.0 Å². The van der Waals surface area contributed by atoms with Crippen LogP contribution in [0, 0.1) is 0 Å². The van der Waals surface area contributed by atoms with Crippen molar-refractivity contribution in [3.05, 3.63) is 119 Å². The average molecular weight is 625 g/mol. The van der Waals surface area contributed by atoms with E-state index in [2.05, 4.69) is 34.8 Å². The first kappa shape index (κ1) is 33.6. The van der Waals surface area contributed by atoms with Crippen LogP contribution < -0.4 is 10.6 Å². The van der Waals surface area contributed by atoms with Gasteiger partial charge in [-0.05, 0) is 42.6 Å². The molecule has 1 amide bonds. The Morgan fingerprint density at radius 1 is 1.26 bits per heavy atom. The number of aromatic amines is 1. The van der Waals surface area contributed by atoms with Gasteiger partial charge in [0, 0.05) is 46.9 Å². The van der Waals surface area contributed by atoms with Crippen molar-refractivity contribution < 1.29 is 14.3 Å². The van der Waals surface area contributed by atoms with E-state index >= 15 is 0 Å². The van der Waals surface area contributed by atoms with Crippen molar-refractivity contribution in [1.29, 1.82) is 0 Å². The van der Waals surface area contributed by atoms with Crippen molar-refractivity contribution in [1.82, 2.24) is 24.6 Å². The number of nitrogens with zero attached hydrogens (tertiary/aromatic N) is 4. The van der Waals surface area contributed by atoms with E-state index in [0.29, 0.717) is 42.7 Å². The smallest absolute Gasteiger partial charge is 0.410 e. The highest BCUT2D eigenvalue weighted by Gasteiger charge is 2.35. The van der Waals surface area contributed by atoms with Crippen LogP contribution in [0.5, 0.6) is 0 Å². The zero-order valence-electron chi connectivity index (χ0n) is 24.6. The van der Waals surface area contributed by atoms with Crippen LogP contribution in [0.1, 0.15) is 30.6 Å². The number of alkyl halides is 1. The largest absolute Gasteiger partial charge is 0.445 e. The van der Waals surface area contributed by atoms with E-state index in [0.717, 1.165) is 40.4 Å². The number of aryl methyl sites for hydroxylation is 1. The number of allylic oxidation sites excluding steroid dienone is 6. The predicted octanol–water partition coefficient (Wildman–Crippen LogP) is 5.66. The first-order valence-electron chi connectivity index (χ1n) is 14.0. The molecule has 0 aromatic carbocycles. The van der Waals surface area contributed by atoms with Gasteiger partial charge in [0.15, 0.2) is 0 Å². The third kappa shape index (κ3) is 10.1. The molecule has 3 rings (SSSR count). The number of ether oxygens (including phenoxy) is 2. The van der Waals surface area contributed by atoms with Crippen molar-refractivity contribution in [2.45, 2.75) is 32.4 Å². The van der Waals surface area contributed by atoms with Gasteiger partial charge >= 0.3 is 6.09 Å². The second-order valence-corrected chi connectivity index (χ2v) is 10.4. The minimum atomic E-state index is -0.460. The lowest BCUT2D eigenvalue weighted by molar-refractivity contribution is 0.0963. The van der Waals surface area contributed by atoms with Gasteiger partial charge in [0.2, 0.25) is 0 Å². The van der Waals surface area contributed by atoms with E-state index in [1.165, 1.54) is 6.33 Å². The maximum atomic E-state index is 13.5. The Morgan fingerprint density at radius 2 is 2.09 bits per heavy atom. The second-order valence-electron chi connectivity index (χ2n) is 9.62. The summed E-state index contributed by atoms with van der Waals surface area (Å²) in [6, 6.07) is -0.460. The Hall–Kier alpha value is -3.85. The molecule has 0 bridgehead atoms. The van der Waals surface area contributed by atoms with Crippen LogP contribution >= 0.6 is 23.2 Å². The first-order valence-corrected chi connectivity index (χ1v) is 14.9. The summed E-state index contributed by atoms with van der Waals surface area (Å²) in [5.41, 5.74) is 3.47. The third-order valence-corrected chi connectivity index (χ3v) is 6.85. The summed E-state index contributed by atoms with van der Waals surface area (Å²) >= 11 is 11.9. The summed E-state index contributed by atoms with van der Waals surface area (Å²) in [5.74, 6) is 0.421. The molecule has 1 aliphatic heterocycles. The summed E-state index contributed by atoms with van der Waals surface area (Å²) in [5, 5.41) is 6.41. The van der Waals surface area contributed by atoms with Crippen molar-refractivity contribution >= 4 is 41.4 Å². The lowest BCUT2D eigenvalue weighted by atomic mass is 9.92. The van der Waals surface area contributed by atoms with Crippen molar-refractivity contribution in [3.63, 3.8) is 0 Å². The quantitative estimate of drug-likeness (QED) is 0.157. The molecule has 2 aromatic heterocycles. The summed E-state index contributed by atoms with van der Waals surface area (Å²) < 4.78 is 13.3. The molecule has 0 fully saturated rings. The van der Waals surface area contributed by atoms with Gasteiger partial charge in [0.05, 0.1) is 6.61 Å². The zero-order chi connectivity index (χ0) is 31.0. The van der Waals surface area contributed by atoms with Crippen LogP contribution in [0.4, 0.5) is 4.79 Å². The van der Waals surface area contributed by atoms with Crippen LogP contribution in [-0.2, 0) is 22.4 Å². The Morgan fingerprint density at radius 3 is 2.79 bits per heavy atom. The van der Waals surface area contributed by atoms with E-state index in [9.17, 15) is 4.79 Å². The molecule has 0 saturated carbocycles. The lowest BCUT2D eigenvalue weighted by Gasteiger charge is -2.36. The van der Waals surface area contributed by atoms with Gasteiger partial charge in [-0.15, -0.1) is 11.6 Å². The normalized spacial score (nSPS) is 16.5. The molecule has 3 heterocycles. The number of fused-ring (bicyclic) bond motifs is 1. The molecule has 1 N–H and O–H groups in total. The fraction of sp³-hybridized carbons (Fsp3) is 0.303. The minimum absolute atomic E-state index is 0.0583. The Labute approximate surface area is 263 Å². The van der Waals surface area contributed by atoms with Gasteiger partial charge in [-0.1, -0.05) is 86.0 Å². The zero-order valence-corrected chi connectivity index (χ0v) is 26.1. The Kier molecular flexibility index (Phi) is 14.1. The molecule has 0 spiro atoms. The number of carbonyl (C=O) groups excluding carboxylic acids is 1. The number of hydrogen-bond acceptors (Lipinski definition) is 5. The van der Waals surface area contributed by atoms with Crippen LogP contribution in [0.25, 0.3) is 12.2 Å². The maximum absolute atomic E-state index is 13.5. The molecule has 228 valence electrons. The molecular weight excluding hydrogens is 585 g/mol. The van der Waals surface area contributed by atoms with Gasteiger partial charge in [-0.2, -0.15) is 5.10 Å². The molecule has 8 nitrogen and oxygen atoms in total. The van der Waals surface area contributed by atoms with Crippen LogP contribution in [0.15, 0.2) is 97.2 Å². The molecule has 2 aromatic rings. The second kappa shape index (κ2) is 18.0. The molecule has 0 saturated heterocycles. The van der Waals surface area contributed by atoms with Crippen molar-refractivity contribution in [2.75, 3.05) is 32.2 Å². The Balaban J connectivity index is 1.84. The lowest BCUT2D eigenvalue weighted by Crippen LogP contribution is -2.42. The molecular formula is C33H39Cl2N5O3. The number of nitrogens with one attached hydrogen (secondary N) is 1.